The number of likely N-dealkylation sites (tertiary alicyclic amines) is 1. The van der Waals surface area contributed by atoms with Gasteiger partial charge in [0.05, 0.1) is 5.69 Å². The van der Waals surface area contributed by atoms with E-state index in [0.717, 1.165) is 25.8 Å². The minimum absolute atomic E-state index is 0.0357. The molecule has 1 amide bonds. The molecule has 2 heterocycles. The summed E-state index contributed by atoms with van der Waals surface area (Å²) in [6.45, 7) is 4.98. The number of nitrogens with zero attached hydrogens (tertiary/aromatic N) is 2. The smallest absolute Gasteiger partial charge is 0.270 e. The van der Waals surface area contributed by atoms with Gasteiger partial charge in [-0.05, 0) is 45.6 Å². The highest BCUT2D eigenvalue weighted by Gasteiger charge is 2.29. The van der Waals surface area contributed by atoms with Crippen molar-refractivity contribution in [3.63, 3.8) is 0 Å². The Balaban J connectivity index is 2.25. The molecular formula is C15H25N3O2. The van der Waals surface area contributed by atoms with Crippen molar-refractivity contribution in [2.75, 3.05) is 18.9 Å². The van der Waals surface area contributed by atoms with Crippen molar-refractivity contribution in [1.82, 2.24) is 9.47 Å². The number of nitrogen functional groups attached to an aromatic ring is 1. The molecule has 3 N–H and O–H groups in total. The van der Waals surface area contributed by atoms with E-state index in [2.05, 4.69) is 0 Å². The van der Waals surface area contributed by atoms with Crippen LogP contribution >= 0.6 is 0 Å². The van der Waals surface area contributed by atoms with Crippen LogP contribution in [0.5, 0.6) is 0 Å². The van der Waals surface area contributed by atoms with Crippen LogP contribution in [0.25, 0.3) is 0 Å². The van der Waals surface area contributed by atoms with Crippen LogP contribution in [0.4, 0.5) is 5.69 Å². The third-order valence-electron chi connectivity index (χ3n) is 4.00. The summed E-state index contributed by atoms with van der Waals surface area (Å²) in [6, 6.07) is 2.11. The molecule has 5 nitrogen and oxygen atoms in total. The number of hydrogen-bond acceptors (Lipinski definition) is 3. The van der Waals surface area contributed by atoms with Gasteiger partial charge in [0.1, 0.15) is 5.69 Å². The Kier molecular flexibility index (Phi) is 4.70. The van der Waals surface area contributed by atoms with Gasteiger partial charge in [-0.15, -0.1) is 0 Å². The van der Waals surface area contributed by atoms with E-state index in [-0.39, 0.29) is 24.6 Å². The molecule has 1 aliphatic rings. The van der Waals surface area contributed by atoms with E-state index in [4.69, 9.17) is 5.73 Å². The average molecular weight is 279 g/mol. The van der Waals surface area contributed by atoms with Crippen LogP contribution < -0.4 is 5.73 Å². The standard InChI is InChI=1S/C15H25N3O2/c1-11(2)18-10-12(16)9-14(18)15(20)17-7-4-3-5-13(17)6-8-19/h9-11,13,19H,3-8,16H2,1-2H3. The van der Waals surface area contributed by atoms with E-state index >= 15 is 0 Å². The second-order valence-corrected chi connectivity index (χ2v) is 5.82. The maximum Gasteiger partial charge on any atom is 0.270 e. The Morgan fingerprint density at radius 1 is 1.50 bits per heavy atom. The highest BCUT2D eigenvalue weighted by atomic mass is 16.3. The van der Waals surface area contributed by atoms with Crippen molar-refractivity contribution >= 4 is 11.6 Å². The predicted octanol–water partition coefficient (Wildman–Crippen LogP) is 2.03. The van der Waals surface area contributed by atoms with Crippen LogP contribution in [-0.2, 0) is 0 Å². The molecule has 0 radical (unpaired) electrons. The van der Waals surface area contributed by atoms with Crippen molar-refractivity contribution < 1.29 is 9.90 Å². The quantitative estimate of drug-likeness (QED) is 0.886. The third kappa shape index (κ3) is 2.98. The molecule has 0 spiro atoms. The molecule has 1 aromatic heterocycles. The first-order valence-corrected chi connectivity index (χ1v) is 7.43. The number of hydrogen-bond donors (Lipinski definition) is 2. The number of aliphatic hydroxyl groups excluding tert-OH is 1. The van der Waals surface area contributed by atoms with E-state index in [1.807, 2.05) is 29.5 Å². The third-order valence-corrected chi connectivity index (χ3v) is 4.00. The zero-order valence-corrected chi connectivity index (χ0v) is 12.4. The van der Waals surface area contributed by atoms with Crippen LogP contribution in [0, 0.1) is 0 Å². The van der Waals surface area contributed by atoms with E-state index in [1.165, 1.54) is 0 Å². The Morgan fingerprint density at radius 3 is 2.90 bits per heavy atom. The van der Waals surface area contributed by atoms with Gasteiger partial charge in [0.15, 0.2) is 0 Å². The van der Waals surface area contributed by atoms with Crippen molar-refractivity contribution in [1.29, 1.82) is 0 Å². The Bertz CT molecular complexity index is 466. The van der Waals surface area contributed by atoms with Crippen molar-refractivity contribution in [2.45, 2.75) is 51.6 Å². The Hall–Kier alpha value is -1.49. The zero-order chi connectivity index (χ0) is 14.7. The number of rotatable bonds is 4. The number of aromatic nitrogens is 1. The van der Waals surface area contributed by atoms with E-state index in [9.17, 15) is 9.90 Å². The molecule has 1 fully saturated rings. The normalized spacial score (nSPS) is 19.6. The maximum absolute atomic E-state index is 12.8. The topological polar surface area (TPSA) is 71.5 Å². The second-order valence-electron chi connectivity index (χ2n) is 5.82. The summed E-state index contributed by atoms with van der Waals surface area (Å²) >= 11 is 0. The van der Waals surface area contributed by atoms with Gasteiger partial charge in [-0.1, -0.05) is 0 Å². The molecule has 0 saturated carbocycles. The van der Waals surface area contributed by atoms with Crippen LogP contribution in [-0.4, -0.2) is 39.7 Å². The number of carbonyl (C=O) groups is 1. The van der Waals surface area contributed by atoms with Gasteiger partial charge in [0.2, 0.25) is 0 Å². The van der Waals surface area contributed by atoms with Crippen molar-refractivity contribution in [2.24, 2.45) is 0 Å². The minimum atomic E-state index is 0.0357. The molecule has 1 saturated heterocycles. The molecule has 1 aromatic rings. The molecule has 0 aromatic carbocycles. The monoisotopic (exact) mass is 279 g/mol. The summed E-state index contributed by atoms with van der Waals surface area (Å²) in [4.78, 5) is 14.7. The number of amides is 1. The molecule has 0 bridgehead atoms. The van der Waals surface area contributed by atoms with Gasteiger partial charge in [-0.2, -0.15) is 0 Å². The van der Waals surface area contributed by atoms with Gasteiger partial charge in [0.25, 0.3) is 5.91 Å². The van der Waals surface area contributed by atoms with Crippen molar-refractivity contribution in [3.05, 3.63) is 18.0 Å². The van der Waals surface area contributed by atoms with Crippen LogP contribution in [0.2, 0.25) is 0 Å². The molecule has 2 rings (SSSR count). The van der Waals surface area contributed by atoms with E-state index < -0.39 is 0 Å². The van der Waals surface area contributed by atoms with E-state index in [1.54, 1.807) is 6.07 Å². The SMILES string of the molecule is CC(C)n1cc(N)cc1C(=O)N1CCCCC1CCO. The molecule has 112 valence electrons. The van der Waals surface area contributed by atoms with Gasteiger partial charge < -0.3 is 20.3 Å². The lowest BCUT2D eigenvalue weighted by Gasteiger charge is -2.36. The molecule has 1 unspecified atom stereocenters. The van der Waals surface area contributed by atoms with Crippen molar-refractivity contribution in [3.8, 4) is 0 Å². The molecule has 1 aliphatic heterocycles. The van der Waals surface area contributed by atoms with Crippen LogP contribution in [0.3, 0.4) is 0 Å². The lowest BCUT2D eigenvalue weighted by Crippen LogP contribution is -2.44. The number of nitrogens with two attached hydrogens (primary N) is 1. The maximum atomic E-state index is 12.8. The van der Waals surface area contributed by atoms with Gasteiger partial charge in [-0.25, -0.2) is 0 Å². The number of aliphatic hydroxyl groups is 1. The summed E-state index contributed by atoms with van der Waals surface area (Å²) in [7, 11) is 0. The molecule has 20 heavy (non-hydrogen) atoms. The first-order valence-electron chi connectivity index (χ1n) is 7.43. The van der Waals surface area contributed by atoms with Gasteiger partial charge in [-0.3, -0.25) is 4.79 Å². The summed E-state index contributed by atoms with van der Waals surface area (Å²) < 4.78 is 1.93. The second kappa shape index (κ2) is 6.31. The molecule has 5 heteroatoms. The summed E-state index contributed by atoms with van der Waals surface area (Å²) in [6.07, 6.45) is 5.62. The molecule has 0 aliphatic carbocycles. The van der Waals surface area contributed by atoms with Crippen LogP contribution in [0.1, 0.15) is 56.1 Å². The predicted molar refractivity (Wildman–Crippen MR) is 79.6 cm³/mol. The van der Waals surface area contributed by atoms with E-state index in [0.29, 0.717) is 17.8 Å². The largest absolute Gasteiger partial charge is 0.397 e. The first kappa shape index (κ1) is 14.9. The zero-order valence-electron chi connectivity index (χ0n) is 12.4. The summed E-state index contributed by atoms with van der Waals surface area (Å²) in [5, 5.41) is 9.17. The fourth-order valence-corrected chi connectivity index (χ4v) is 2.96. The highest BCUT2D eigenvalue weighted by molar-refractivity contribution is 5.94. The highest BCUT2D eigenvalue weighted by Crippen LogP contribution is 2.24. The summed E-state index contributed by atoms with van der Waals surface area (Å²) in [5.41, 5.74) is 7.12. The number of carbonyl (C=O) groups excluding carboxylic acids is 1. The fraction of sp³-hybridized carbons (Fsp3) is 0.667. The Morgan fingerprint density at radius 2 is 2.25 bits per heavy atom. The van der Waals surface area contributed by atoms with Gasteiger partial charge in [0, 0.05) is 31.4 Å². The number of piperidine rings is 1. The fourth-order valence-electron chi connectivity index (χ4n) is 2.96. The molecule has 1 atom stereocenters. The number of anilines is 1. The summed E-state index contributed by atoms with van der Waals surface area (Å²) in [5.74, 6) is 0.0357. The lowest BCUT2D eigenvalue weighted by molar-refractivity contribution is 0.0562. The molecular weight excluding hydrogens is 254 g/mol. The Labute approximate surface area is 120 Å². The van der Waals surface area contributed by atoms with Gasteiger partial charge >= 0.3 is 0 Å². The first-order chi connectivity index (χ1) is 9.54. The lowest BCUT2D eigenvalue weighted by atomic mass is 9.99. The minimum Gasteiger partial charge on any atom is -0.397 e. The van der Waals surface area contributed by atoms with Crippen LogP contribution in [0.15, 0.2) is 12.3 Å². The average Bonchev–Trinajstić information content (AvgIpc) is 2.81.